The summed E-state index contributed by atoms with van der Waals surface area (Å²) in [6, 6.07) is 0. The monoisotopic (exact) mass is 379 g/mol. The molecule has 2 aromatic rings. The SMILES string of the molecule is C=CCOC(=O)c1sc(NC(=O)Cc2nn[nH]n2)c(C(=O)OCC)c1C. The standard InChI is InChI=1S/C15H17N5O5S/c1-4-6-25-15(23)12-8(3)11(14(22)24-5-2)13(26-12)16-10(21)7-9-17-19-20-18-9/h4H,1,5-7H2,2-3H3,(H,16,21)(H,17,18,19,20). The van der Waals surface area contributed by atoms with Crippen LogP contribution in [-0.4, -0.2) is 51.7 Å². The summed E-state index contributed by atoms with van der Waals surface area (Å²) < 4.78 is 10.0. The Balaban J connectivity index is 2.29. The number of H-pyrrole nitrogens is 1. The minimum atomic E-state index is -0.640. The van der Waals surface area contributed by atoms with Crippen LogP contribution in [0.1, 0.15) is 38.3 Å². The first kappa shape index (κ1) is 19.2. The second kappa shape index (κ2) is 8.85. The first-order chi connectivity index (χ1) is 12.5. The Hall–Kier alpha value is -3.08. The zero-order valence-corrected chi connectivity index (χ0v) is 15.0. The number of carbonyl (C=O) groups is 3. The normalized spacial score (nSPS) is 10.2. The second-order valence-corrected chi connectivity index (χ2v) is 5.94. The van der Waals surface area contributed by atoms with E-state index < -0.39 is 17.8 Å². The van der Waals surface area contributed by atoms with E-state index in [4.69, 9.17) is 9.47 Å². The lowest BCUT2D eigenvalue weighted by molar-refractivity contribution is -0.115. The molecule has 10 nitrogen and oxygen atoms in total. The third-order valence-electron chi connectivity index (χ3n) is 3.10. The Labute approximate surface area is 152 Å². The number of aromatic amines is 1. The van der Waals surface area contributed by atoms with E-state index in [-0.39, 0.29) is 40.9 Å². The van der Waals surface area contributed by atoms with Gasteiger partial charge in [0.2, 0.25) is 5.91 Å². The van der Waals surface area contributed by atoms with Gasteiger partial charge >= 0.3 is 11.9 Å². The van der Waals surface area contributed by atoms with Gasteiger partial charge in [-0.3, -0.25) is 4.79 Å². The van der Waals surface area contributed by atoms with E-state index in [9.17, 15) is 14.4 Å². The summed E-state index contributed by atoms with van der Waals surface area (Å²) in [5.41, 5.74) is 0.487. The summed E-state index contributed by atoms with van der Waals surface area (Å²) in [7, 11) is 0. The molecular weight excluding hydrogens is 362 g/mol. The van der Waals surface area contributed by atoms with Gasteiger partial charge in [-0.2, -0.15) is 5.21 Å². The molecule has 0 saturated heterocycles. The number of hydrogen-bond acceptors (Lipinski definition) is 9. The van der Waals surface area contributed by atoms with Crippen LogP contribution in [0.5, 0.6) is 0 Å². The smallest absolute Gasteiger partial charge is 0.348 e. The number of hydrogen-bond donors (Lipinski definition) is 2. The molecule has 11 heteroatoms. The number of amides is 1. The molecule has 0 aliphatic carbocycles. The molecule has 0 spiro atoms. The molecule has 0 unspecified atom stereocenters. The molecule has 0 aromatic carbocycles. The van der Waals surface area contributed by atoms with Crippen LogP contribution in [0.25, 0.3) is 0 Å². The fourth-order valence-corrected chi connectivity index (χ4v) is 3.12. The zero-order valence-electron chi connectivity index (χ0n) is 14.2. The topological polar surface area (TPSA) is 136 Å². The minimum Gasteiger partial charge on any atom is -0.462 e. The first-order valence-corrected chi connectivity index (χ1v) is 8.40. The molecule has 1 amide bonds. The lowest BCUT2D eigenvalue weighted by Crippen LogP contribution is -2.17. The van der Waals surface area contributed by atoms with Gasteiger partial charge in [0.1, 0.15) is 16.5 Å². The van der Waals surface area contributed by atoms with Crippen LogP contribution in [0.4, 0.5) is 5.00 Å². The summed E-state index contributed by atoms with van der Waals surface area (Å²) in [6.45, 7) is 6.91. The van der Waals surface area contributed by atoms with Gasteiger partial charge in [0, 0.05) is 0 Å². The van der Waals surface area contributed by atoms with Crippen molar-refractivity contribution in [3.8, 4) is 0 Å². The predicted octanol–water partition coefficient (Wildman–Crippen LogP) is 1.27. The van der Waals surface area contributed by atoms with Crippen molar-refractivity contribution in [2.75, 3.05) is 18.5 Å². The van der Waals surface area contributed by atoms with Gasteiger partial charge in [0.25, 0.3) is 0 Å². The Bertz CT molecular complexity index is 815. The van der Waals surface area contributed by atoms with Gasteiger partial charge in [-0.15, -0.1) is 21.5 Å². The zero-order chi connectivity index (χ0) is 19.1. The first-order valence-electron chi connectivity index (χ1n) is 7.58. The number of ether oxygens (including phenoxy) is 2. The van der Waals surface area contributed by atoms with Gasteiger partial charge in [-0.05, 0) is 19.4 Å². The van der Waals surface area contributed by atoms with Crippen LogP contribution < -0.4 is 5.32 Å². The van der Waals surface area contributed by atoms with E-state index in [1.807, 2.05) is 0 Å². The summed E-state index contributed by atoms with van der Waals surface area (Å²) in [5.74, 6) is -1.53. The lowest BCUT2D eigenvalue weighted by Gasteiger charge is -2.06. The van der Waals surface area contributed by atoms with Gasteiger partial charge in [0.15, 0.2) is 5.82 Å². The molecule has 0 atom stereocenters. The maximum absolute atomic E-state index is 12.3. The van der Waals surface area contributed by atoms with Crippen LogP contribution in [0.2, 0.25) is 0 Å². The van der Waals surface area contributed by atoms with E-state index in [1.54, 1.807) is 13.8 Å². The average Bonchev–Trinajstić information content (AvgIpc) is 3.20. The summed E-state index contributed by atoms with van der Waals surface area (Å²) in [5, 5.41) is 15.8. The number of anilines is 1. The summed E-state index contributed by atoms with van der Waals surface area (Å²) in [4.78, 5) is 36.8. The van der Waals surface area contributed by atoms with Gasteiger partial charge in [-0.25, -0.2) is 9.59 Å². The number of nitrogens with zero attached hydrogens (tertiary/aromatic N) is 3. The van der Waals surface area contributed by atoms with Crippen LogP contribution in [0.15, 0.2) is 12.7 Å². The molecule has 0 bridgehead atoms. The molecule has 0 aliphatic heterocycles. The van der Waals surface area contributed by atoms with Crippen LogP contribution in [0, 0.1) is 6.92 Å². The highest BCUT2D eigenvalue weighted by atomic mass is 32.1. The van der Waals surface area contributed by atoms with Crippen LogP contribution >= 0.6 is 11.3 Å². The molecule has 0 saturated carbocycles. The van der Waals surface area contributed by atoms with Gasteiger partial charge in [-0.1, -0.05) is 17.9 Å². The highest BCUT2D eigenvalue weighted by Gasteiger charge is 2.27. The highest BCUT2D eigenvalue weighted by Crippen LogP contribution is 2.34. The van der Waals surface area contributed by atoms with Crippen LogP contribution in [-0.2, 0) is 20.7 Å². The van der Waals surface area contributed by atoms with E-state index >= 15 is 0 Å². The number of thiophene rings is 1. The third-order valence-corrected chi connectivity index (χ3v) is 4.29. The molecule has 0 radical (unpaired) electrons. The van der Waals surface area contributed by atoms with Gasteiger partial charge in [0.05, 0.1) is 18.6 Å². The highest BCUT2D eigenvalue weighted by molar-refractivity contribution is 7.18. The predicted molar refractivity (Wildman–Crippen MR) is 92.0 cm³/mol. The number of rotatable bonds is 8. The van der Waals surface area contributed by atoms with Crippen molar-refractivity contribution < 1.29 is 23.9 Å². The molecule has 0 fully saturated rings. The quantitative estimate of drug-likeness (QED) is 0.517. The Kier molecular flexibility index (Phi) is 6.55. The molecule has 2 N–H and O–H groups in total. The van der Waals surface area contributed by atoms with Crippen molar-refractivity contribution in [2.24, 2.45) is 0 Å². The van der Waals surface area contributed by atoms with Crippen molar-refractivity contribution in [1.82, 2.24) is 20.6 Å². The molecule has 138 valence electrons. The fourth-order valence-electron chi connectivity index (χ4n) is 2.02. The van der Waals surface area contributed by atoms with Crippen LogP contribution in [0.3, 0.4) is 0 Å². The van der Waals surface area contributed by atoms with Crippen molar-refractivity contribution >= 4 is 34.2 Å². The van der Waals surface area contributed by atoms with E-state index in [2.05, 4.69) is 32.5 Å². The number of nitrogens with one attached hydrogen (secondary N) is 2. The number of tetrazole rings is 1. The molecule has 2 heterocycles. The van der Waals surface area contributed by atoms with Crippen molar-refractivity contribution in [3.63, 3.8) is 0 Å². The van der Waals surface area contributed by atoms with E-state index in [0.717, 1.165) is 11.3 Å². The van der Waals surface area contributed by atoms with Crippen molar-refractivity contribution in [2.45, 2.75) is 20.3 Å². The third kappa shape index (κ3) is 4.51. The van der Waals surface area contributed by atoms with Crippen molar-refractivity contribution in [1.29, 1.82) is 0 Å². The van der Waals surface area contributed by atoms with Gasteiger partial charge < -0.3 is 14.8 Å². The van der Waals surface area contributed by atoms with E-state index in [1.165, 1.54) is 6.08 Å². The molecule has 2 aromatic heterocycles. The molecular formula is C15H17N5O5S. The summed E-state index contributed by atoms with van der Waals surface area (Å²) >= 11 is 0.934. The molecule has 2 rings (SSSR count). The maximum Gasteiger partial charge on any atom is 0.348 e. The Morgan fingerprint density at radius 3 is 2.69 bits per heavy atom. The average molecular weight is 379 g/mol. The molecule has 26 heavy (non-hydrogen) atoms. The Morgan fingerprint density at radius 2 is 2.08 bits per heavy atom. The van der Waals surface area contributed by atoms with E-state index in [0.29, 0.717) is 5.56 Å². The fraction of sp³-hybridized carbons (Fsp3) is 0.333. The maximum atomic E-state index is 12.3. The second-order valence-electron chi connectivity index (χ2n) is 4.92. The Morgan fingerprint density at radius 1 is 1.31 bits per heavy atom. The number of carbonyl (C=O) groups excluding carboxylic acids is 3. The number of aromatic nitrogens is 4. The largest absolute Gasteiger partial charge is 0.462 e. The number of esters is 2. The van der Waals surface area contributed by atoms with Crippen molar-refractivity contribution in [3.05, 3.63) is 34.5 Å². The molecule has 0 aliphatic rings. The lowest BCUT2D eigenvalue weighted by atomic mass is 10.1. The summed E-state index contributed by atoms with van der Waals surface area (Å²) in [6.07, 6.45) is 1.28. The minimum absolute atomic E-state index is 0.0322.